The van der Waals surface area contributed by atoms with Gasteiger partial charge in [-0.25, -0.2) is 0 Å². The van der Waals surface area contributed by atoms with Crippen molar-refractivity contribution in [3.8, 4) is 0 Å². The van der Waals surface area contributed by atoms with Gasteiger partial charge in [0, 0.05) is 7.05 Å². The van der Waals surface area contributed by atoms with Gasteiger partial charge in [-0.2, -0.15) is 0 Å². The Bertz CT molecular complexity index is 294. The number of aryl methyl sites for hydroxylation is 1. The van der Waals surface area contributed by atoms with Crippen molar-refractivity contribution < 1.29 is 4.79 Å². The van der Waals surface area contributed by atoms with Gasteiger partial charge in [-0.1, -0.05) is 29.8 Å². The van der Waals surface area contributed by atoms with Crippen LogP contribution in [0.25, 0.3) is 0 Å². The van der Waals surface area contributed by atoms with Gasteiger partial charge in [-0.05, 0) is 12.5 Å². The number of halogens is 1. The highest BCUT2D eigenvalue weighted by Crippen LogP contribution is 2.20. The minimum atomic E-state index is -0.592. The quantitative estimate of drug-likeness (QED) is 0.723. The Labute approximate surface area is 82.9 Å². The highest BCUT2D eigenvalue weighted by Gasteiger charge is 2.14. The van der Waals surface area contributed by atoms with Crippen molar-refractivity contribution in [3.05, 3.63) is 35.4 Å². The molecule has 3 heteroatoms. The molecule has 0 saturated heterocycles. The normalized spacial score (nSPS) is 12.2. The molecule has 0 aliphatic rings. The second kappa shape index (κ2) is 4.28. The van der Waals surface area contributed by atoms with Crippen LogP contribution in [0.4, 0.5) is 0 Å². The lowest BCUT2D eigenvalue weighted by molar-refractivity contribution is -0.120. The monoisotopic (exact) mass is 197 g/mol. The van der Waals surface area contributed by atoms with Crippen molar-refractivity contribution in [2.45, 2.75) is 12.3 Å². The van der Waals surface area contributed by atoms with Crippen molar-refractivity contribution >= 4 is 17.5 Å². The van der Waals surface area contributed by atoms with E-state index in [1.165, 1.54) is 0 Å². The third-order valence-corrected chi connectivity index (χ3v) is 2.30. The molecule has 70 valence electrons. The second-order valence-electron chi connectivity index (χ2n) is 2.89. The lowest BCUT2D eigenvalue weighted by Gasteiger charge is -2.07. The molecule has 1 atom stereocenters. The van der Waals surface area contributed by atoms with Gasteiger partial charge in [0.05, 0.1) is 0 Å². The maximum atomic E-state index is 11.2. The molecule has 0 aliphatic carbocycles. The van der Waals surface area contributed by atoms with Crippen LogP contribution in [-0.4, -0.2) is 13.0 Å². The van der Waals surface area contributed by atoms with Gasteiger partial charge < -0.3 is 5.32 Å². The van der Waals surface area contributed by atoms with E-state index < -0.39 is 5.38 Å². The van der Waals surface area contributed by atoms with E-state index in [2.05, 4.69) is 5.32 Å². The van der Waals surface area contributed by atoms with E-state index in [4.69, 9.17) is 11.6 Å². The minimum Gasteiger partial charge on any atom is -0.358 e. The number of benzene rings is 1. The predicted molar refractivity (Wildman–Crippen MR) is 53.8 cm³/mol. The molecule has 0 fully saturated rings. The number of hydrogen-bond donors (Lipinski definition) is 1. The summed E-state index contributed by atoms with van der Waals surface area (Å²) in [5.41, 5.74) is 1.98. The topological polar surface area (TPSA) is 29.1 Å². The third-order valence-electron chi connectivity index (χ3n) is 1.85. The standard InChI is InChI=1S/C10H12ClNO/c1-7-3-5-8(6-4-7)9(11)10(13)12-2/h3-6,9H,1-2H3,(H,12,13). The smallest absolute Gasteiger partial charge is 0.242 e. The average molecular weight is 198 g/mol. The molecular weight excluding hydrogens is 186 g/mol. The van der Waals surface area contributed by atoms with Gasteiger partial charge in [0.1, 0.15) is 5.38 Å². The third kappa shape index (κ3) is 2.46. The van der Waals surface area contributed by atoms with Gasteiger partial charge in [0.2, 0.25) is 5.91 Å². The molecule has 1 rings (SSSR count). The summed E-state index contributed by atoms with van der Waals surface area (Å²) >= 11 is 5.90. The van der Waals surface area contributed by atoms with Crippen LogP contribution in [0.3, 0.4) is 0 Å². The molecule has 1 unspecified atom stereocenters. The first-order valence-electron chi connectivity index (χ1n) is 4.07. The molecule has 0 saturated carbocycles. The molecular formula is C10H12ClNO. The van der Waals surface area contributed by atoms with Gasteiger partial charge in [0.15, 0.2) is 0 Å². The number of rotatable bonds is 2. The summed E-state index contributed by atoms with van der Waals surface area (Å²) in [6.07, 6.45) is 0. The van der Waals surface area contributed by atoms with Crippen LogP contribution in [-0.2, 0) is 4.79 Å². The Morgan fingerprint density at radius 2 is 1.92 bits per heavy atom. The van der Waals surface area contributed by atoms with E-state index >= 15 is 0 Å². The van der Waals surface area contributed by atoms with Gasteiger partial charge in [-0.15, -0.1) is 11.6 Å². The fourth-order valence-electron chi connectivity index (χ4n) is 1.01. The molecule has 1 aromatic rings. The fraction of sp³-hybridized carbons (Fsp3) is 0.300. The molecule has 1 aromatic carbocycles. The Hall–Kier alpha value is -1.02. The molecule has 0 aliphatic heterocycles. The molecule has 0 heterocycles. The summed E-state index contributed by atoms with van der Waals surface area (Å²) in [6, 6.07) is 7.60. The first-order valence-corrected chi connectivity index (χ1v) is 4.51. The number of alkyl halides is 1. The number of hydrogen-bond acceptors (Lipinski definition) is 1. The second-order valence-corrected chi connectivity index (χ2v) is 3.32. The highest BCUT2D eigenvalue weighted by atomic mass is 35.5. The van der Waals surface area contributed by atoms with E-state index in [1.807, 2.05) is 31.2 Å². The van der Waals surface area contributed by atoms with Crippen molar-refractivity contribution in [2.75, 3.05) is 7.05 Å². The van der Waals surface area contributed by atoms with E-state index in [0.717, 1.165) is 11.1 Å². The number of nitrogens with one attached hydrogen (secondary N) is 1. The van der Waals surface area contributed by atoms with Crippen molar-refractivity contribution in [3.63, 3.8) is 0 Å². The van der Waals surface area contributed by atoms with Crippen LogP contribution in [0, 0.1) is 6.92 Å². The van der Waals surface area contributed by atoms with Gasteiger partial charge in [-0.3, -0.25) is 4.79 Å². The number of carbonyl (C=O) groups is 1. The number of amides is 1. The summed E-state index contributed by atoms with van der Waals surface area (Å²) in [4.78, 5) is 11.2. The van der Waals surface area contributed by atoms with Crippen molar-refractivity contribution in [1.29, 1.82) is 0 Å². The van der Waals surface area contributed by atoms with Gasteiger partial charge in [0.25, 0.3) is 0 Å². The zero-order valence-electron chi connectivity index (χ0n) is 7.67. The molecule has 0 spiro atoms. The first kappa shape index (κ1) is 10.1. The van der Waals surface area contributed by atoms with E-state index in [-0.39, 0.29) is 5.91 Å². The summed E-state index contributed by atoms with van der Waals surface area (Å²) in [6.45, 7) is 1.99. The van der Waals surface area contributed by atoms with Crippen LogP contribution < -0.4 is 5.32 Å². The SMILES string of the molecule is CNC(=O)C(Cl)c1ccc(C)cc1. The molecule has 13 heavy (non-hydrogen) atoms. The van der Waals surface area contributed by atoms with E-state index in [1.54, 1.807) is 7.05 Å². The van der Waals surface area contributed by atoms with Gasteiger partial charge >= 0.3 is 0 Å². The summed E-state index contributed by atoms with van der Waals surface area (Å²) in [7, 11) is 1.58. The summed E-state index contributed by atoms with van der Waals surface area (Å²) < 4.78 is 0. The van der Waals surface area contributed by atoms with Crippen LogP contribution in [0.2, 0.25) is 0 Å². The van der Waals surface area contributed by atoms with E-state index in [0.29, 0.717) is 0 Å². The first-order chi connectivity index (χ1) is 6.15. The Morgan fingerprint density at radius 3 is 2.38 bits per heavy atom. The zero-order valence-corrected chi connectivity index (χ0v) is 8.43. The molecule has 0 aromatic heterocycles. The average Bonchev–Trinajstić information content (AvgIpc) is 2.17. The molecule has 1 N–H and O–H groups in total. The lowest BCUT2D eigenvalue weighted by Crippen LogP contribution is -2.22. The largest absolute Gasteiger partial charge is 0.358 e. The Kier molecular flexibility index (Phi) is 3.32. The molecule has 2 nitrogen and oxygen atoms in total. The van der Waals surface area contributed by atoms with Crippen molar-refractivity contribution in [2.24, 2.45) is 0 Å². The minimum absolute atomic E-state index is 0.175. The number of likely N-dealkylation sites (N-methyl/N-ethyl adjacent to an activating group) is 1. The summed E-state index contributed by atoms with van der Waals surface area (Å²) in [5.74, 6) is -0.175. The van der Waals surface area contributed by atoms with Crippen LogP contribution in [0.1, 0.15) is 16.5 Å². The fourth-order valence-corrected chi connectivity index (χ4v) is 1.27. The van der Waals surface area contributed by atoms with Crippen molar-refractivity contribution in [1.82, 2.24) is 5.32 Å². The molecule has 0 radical (unpaired) electrons. The summed E-state index contributed by atoms with van der Waals surface area (Å²) in [5, 5.41) is 1.91. The molecule has 1 amide bonds. The maximum absolute atomic E-state index is 11.2. The Balaban J connectivity index is 2.83. The highest BCUT2D eigenvalue weighted by molar-refractivity contribution is 6.30. The zero-order chi connectivity index (χ0) is 9.84. The maximum Gasteiger partial charge on any atom is 0.242 e. The van der Waals surface area contributed by atoms with Crippen LogP contribution >= 0.6 is 11.6 Å². The predicted octanol–water partition coefficient (Wildman–Crippen LogP) is 2.02. The number of carbonyl (C=O) groups excluding carboxylic acids is 1. The lowest BCUT2D eigenvalue weighted by atomic mass is 10.1. The van der Waals surface area contributed by atoms with Crippen LogP contribution in [0.5, 0.6) is 0 Å². The van der Waals surface area contributed by atoms with E-state index in [9.17, 15) is 4.79 Å². The van der Waals surface area contributed by atoms with Crippen LogP contribution in [0.15, 0.2) is 24.3 Å². The Morgan fingerprint density at radius 1 is 1.38 bits per heavy atom. The molecule has 0 bridgehead atoms.